The van der Waals surface area contributed by atoms with Crippen molar-refractivity contribution in [2.45, 2.75) is 37.3 Å². The van der Waals surface area contributed by atoms with Crippen LogP contribution in [0.5, 0.6) is 0 Å². The molecule has 18 heavy (non-hydrogen) atoms. The zero-order valence-electron chi connectivity index (χ0n) is 10.5. The lowest BCUT2D eigenvalue weighted by atomic mass is 10.0. The number of benzene rings is 1. The third kappa shape index (κ3) is 3.35. The Balaban J connectivity index is 1.88. The van der Waals surface area contributed by atoms with Crippen LogP contribution in [0.1, 0.15) is 31.2 Å². The quantitative estimate of drug-likeness (QED) is 0.742. The number of aliphatic hydroxyl groups is 1. The maximum Gasteiger partial charge on any atom is 0.0667 e. The van der Waals surface area contributed by atoms with E-state index in [9.17, 15) is 5.11 Å². The Labute approximate surface area is 114 Å². The maximum absolute atomic E-state index is 9.83. The van der Waals surface area contributed by atoms with Gasteiger partial charge in [-0.2, -0.15) is 0 Å². The summed E-state index contributed by atoms with van der Waals surface area (Å²) in [6.45, 7) is 4.30. The Morgan fingerprint density at radius 2 is 2.06 bits per heavy atom. The molecule has 1 fully saturated rings. The van der Waals surface area contributed by atoms with Gasteiger partial charge >= 0.3 is 0 Å². The van der Waals surface area contributed by atoms with Crippen LogP contribution >= 0.6 is 11.6 Å². The summed E-state index contributed by atoms with van der Waals surface area (Å²) in [5.74, 6) is 0. The molecule has 0 amide bonds. The molecule has 98 valence electrons. The molecule has 0 spiro atoms. The van der Waals surface area contributed by atoms with Crippen LogP contribution in [0.3, 0.4) is 0 Å². The van der Waals surface area contributed by atoms with Crippen LogP contribution < -0.4 is 5.32 Å². The zero-order valence-corrected chi connectivity index (χ0v) is 11.3. The average molecular weight is 266 g/mol. The highest BCUT2D eigenvalue weighted by Gasteiger charge is 2.43. The monoisotopic (exact) mass is 265 g/mol. The van der Waals surface area contributed by atoms with Gasteiger partial charge in [0, 0.05) is 17.1 Å². The summed E-state index contributed by atoms with van der Waals surface area (Å²) in [6, 6.07) is 7.98. The summed E-state index contributed by atoms with van der Waals surface area (Å²) in [4.78, 5) is 0. The van der Waals surface area contributed by atoms with Gasteiger partial charge in [-0.15, -0.1) is 6.58 Å². The van der Waals surface area contributed by atoms with Crippen molar-refractivity contribution in [2.75, 3.05) is 6.54 Å². The summed E-state index contributed by atoms with van der Waals surface area (Å²) < 4.78 is 0. The lowest BCUT2D eigenvalue weighted by molar-refractivity contribution is 0.156. The summed E-state index contributed by atoms with van der Waals surface area (Å²) in [5.41, 5.74) is 1.34. The van der Waals surface area contributed by atoms with E-state index >= 15 is 0 Å². The number of hydrogen-bond donors (Lipinski definition) is 2. The van der Waals surface area contributed by atoms with Gasteiger partial charge in [0.2, 0.25) is 0 Å². The van der Waals surface area contributed by atoms with Gasteiger partial charge in [-0.05, 0) is 43.4 Å². The van der Waals surface area contributed by atoms with Crippen molar-refractivity contribution in [1.82, 2.24) is 5.32 Å². The lowest BCUT2D eigenvalue weighted by Crippen LogP contribution is -2.35. The predicted octanol–water partition coefficient (Wildman–Crippen LogP) is 3.25. The van der Waals surface area contributed by atoms with E-state index in [2.05, 4.69) is 24.0 Å². The van der Waals surface area contributed by atoms with Crippen molar-refractivity contribution in [3.63, 3.8) is 0 Å². The second-order valence-corrected chi connectivity index (χ2v) is 5.43. The van der Waals surface area contributed by atoms with Gasteiger partial charge in [-0.1, -0.05) is 29.8 Å². The normalized spacial score (nSPS) is 18.3. The van der Waals surface area contributed by atoms with Crippen LogP contribution in [0.4, 0.5) is 0 Å². The first-order chi connectivity index (χ1) is 8.66. The van der Waals surface area contributed by atoms with E-state index in [-0.39, 0.29) is 11.6 Å². The highest BCUT2D eigenvalue weighted by molar-refractivity contribution is 6.30. The smallest absolute Gasteiger partial charge is 0.0667 e. The zero-order chi connectivity index (χ0) is 13.0. The van der Waals surface area contributed by atoms with Gasteiger partial charge in [-0.25, -0.2) is 0 Å². The molecule has 0 heterocycles. The summed E-state index contributed by atoms with van der Waals surface area (Å²) >= 11 is 5.90. The Bertz CT molecular complexity index is 397. The molecule has 2 rings (SSSR count). The summed E-state index contributed by atoms with van der Waals surface area (Å²) in [5, 5.41) is 14.1. The topological polar surface area (TPSA) is 32.3 Å². The second kappa shape index (κ2) is 5.87. The fourth-order valence-corrected chi connectivity index (χ4v) is 2.31. The fraction of sp³-hybridized carbons (Fsp3) is 0.467. The largest absolute Gasteiger partial charge is 0.392 e. The van der Waals surface area contributed by atoms with Crippen molar-refractivity contribution in [3.05, 3.63) is 47.5 Å². The molecule has 1 aliphatic rings. The van der Waals surface area contributed by atoms with Crippen LogP contribution in [0, 0.1) is 0 Å². The molecule has 2 N–H and O–H groups in total. The molecule has 0 aliphatic heterocycles. The number of hydrogen-bond acceptors (Lipinski definition) is 2. The first kappa shape index (κ1) is 13.6. The molecule has 1 saturated carbocycles. The molecular weight excluding hydrogens is 246 g/mol. The van der Waals surface area contributed by atoms with E-state index in [1.54, 1.807) is 0 Å². The van der Waals surface area contributed by atoms with Crippen LogP contribution in [-0.2, 0) is 5.54 Å². The van der Waals surface area contributed by atoms with Crippen LogP contribution in [-0.4, -0.2) is 17.8 Å². The molecule has 0 bridgehead atoms. The lowest BCUT2D eigenvalue weighted by Gasteiger charge is -2.20. The molecule has 1 aromatic carbocycles. The van der Waals surface area contributed by atoms with E-state index in [4.69, 9.17) is 11.6 Å². The van der Waals surface area contributed by atoms with Gasteiger partial charge in [0.1, 0.15) is 0 Å². The van der Waals surface area contributed by atoms with Gasteiger partial charge in [0.05, 0.1) is 6.10 Å². The number of halogens is 1. The molecule has 1 atom stereocenters. The first-order valence-corrected chi connectivity index (χ1v) is 6.84. The van der Waals surface area contributed by atoms with E-state index in [1.807, 2.05) is 18.2 Å². The molecule has 1 unspecified atom stereocenters. The minimum Gasteiger partial charge on any atom is -0.392 e. The number of rotatable bonds is 7. The van der Waals surface area contributed by atoms with Gasteiger partial charge in [0.15, 0.2) is 0 Å². The van der Waals surface area contributed by atoms with E-state index in [0.717, 1.165) is 30.7 Å². The molecule has 0 aromatic heterocycles. The van der Waals surface area contributed by atoms with Gasteiger partial charge in [-0.3, -0.25) is 0 Å². The standard InChI is InChI=1S/C15H20ClNO/c1-2-3-4-14(18)11-17-15(9-10-15)12-5-7-13(16)8-6-12/h2,5-8,14,17-18H,1,3-4,9-11H2. The van der Waals surface area contributed by atoms with Crippen molar-refractivity contribution in [3.8, 4) is 0 Å². The number of aliphatic hydroxyl groups excluding tert-OH is 1. The molecule has 1 aliphatic carbocycles. The average Bonchev–Trinajstić information content (AvgIpc) is 3.16. The highest BCUT2D eigenvalue weighted by Crippen LogP contribution is 2.45. The number of allylic oxidation sites excluding steroid dienone is 1. The van der Waals surface area contributed by atoms with Gasteiger partial charge in [0.25, 0.3) is 0 Å². The van der Waals surface area contributed by atoms with E-state index in [0.29, 0.717) is 6.54 Å². The third-order valence-corrected chi connectivity index (χ3v) is 3.78. The minimum atomic E-state index is -0.298. The van der Waals surface area contributed by atoms with Gasteiger partial charge < -0.3 is 10.4 Å². The third-order valence-electron chi connectivity index (χ3n) is 3.53. The Kier molecular flexibility index (Phi) is 4.44. The van der Waals surface area contributed by atoms with Crippen molar-refractivity contribution >= 4 is 11.6 Å². The van der Waals surface area contributed by atoms with Crippen LogP contribution in [0.25, 0.3) is 0 Å². The minimum absolute atomic E-state index is 0.0692. The molecular formula is C15H20ClNO. The SMILES string of the molecule is C=CCCC(O)CNC1(c2ccc(Cl)cc2)CC1. The Hall–Kier alpha value is -0.830. The maximum atomic E-state index is 9.83. The molecule has 2 nitrogen and oxygen atoms in total. The molecule has 0 saturated heterocycles. The van der Waals surface area contributed by atoms with Crippen molar-refractivity contribution in [1.29, 1.82) is 0 Å². The Morgan fingerprint density at radius 1 is 1.39 bits per heavy atom. The fourth-order valence-electron chi connectivity index (χ4n) is 2.19. The summed E-state index contributed by atoms with van der Waals surface area (Å²) in [6.07, 6.45) is 5.43. The van der Waals surface area contributed by atoms with E-state index in [1.165, 1.54) is 5.56 Å². The Morgan fingerprint density at radius 3 is 2.61 bits per heavy atom. The number of nitrogens with one attached hydrogen (secondary N) is 1. The second-order valence-electron chi connectivity index (χ2n) is 4.99. The van der Waals surface area contributed by atoms with Crippen molar-refractivity contribution < 1.29 is 5.11 Å². The van der Waals surface area contributed by atoms with Crippen LogP contribution in [0.2, 0.25) is 5.02 Å². The molecule has 3 heteroatoms. The highest BCUT2D eigenvalue weighted by atomic mass is 35.5. The predicted molar refractivity (Wildman–Crippen MR) is 75.8 cm³/mol. The first-order valence-electron chi connectivity index (χ1n) is 6.46. The molecule has 1 aromatic rings. The summed E-state index contributed by atoms with van der Waals surface area (Å²) in [7, 11) is 0. The van der Waals surface area contributed by atoms with E-state index < -0.39 is 0 Å². The molecule has 0 radical (unpaired) electrons. The van der Waals surface area contributed by atoms with Crippen LogP contribution in [0.15, 0.2) is 36.9 Å². The van der Waals surface area contributed by atoms with Crippen molar-refractivity contribution in [2.24, 2.45) is 0 Å².